The smallest absolute Gasteiger partial charge is 0.431 e. The number of thiazole rings is 1. The number of likely N-dealkylation sites (tertiary alicyclic amines) is 1. The molecule has 1 aliphatic heterocycles. The predicted molar refractivity (Wildman–Crippen MR) is 129 cm³/mol. The Morgan fingerprint density at radius 2 is 1.83 bits per heavy atom. The van der Waals surface area contributed by atoms with Crippen LogP contribution in [0.5, 0.6) is 0 Å². The average Bonchev–Trinajstić information content (AvgIpc) is 3.77. The zero-order chi connectivity index (χ0) is 23.9. The zero-order valence-electron chi connectivity index (χ0n) is 19.6. The molecule has 0 radical (unpaired) electrons. The molecule has 1 amide bonds. The van der Waals surface area contributed by atoms with Gasteiger partial charge in [-0.1, -0.05) is 0 Å². The van der Waals surface area contributed by atoms with Crippen molar-refractivity contribution in [1.29, 1.82) is 0 Å². The third-order valence-electron chi connectivity index (χ3n) is 6.80. The molecule has 0 unspecified atom stereocenters. The van der Waals surface area contributed by atoms with Gasteiger partial charge in [0.25, 0.3) is 5.91 Å². The number of aromatic nitrogens is 4. The molecule has 1 saturated heterocycles. The first kappa shape index (κ1) is 22.3. The molecular formula is C24H28N6O4S. The quantitative estimate of drug-likeness (QED) is 0.489. The van der Waals surface area contributed by atoms with Crippen LogP contribution in [0.2, 0.25) is 0 Å². The zero-order valence-corrected chi connectivity index (χ0v) is 20.4. The van der Waals surface area contributed by atoms with Gasteiger partial charge < -0.3 is 19.7 Å². The molecule has 0 aromatic carbocycles. The van der Waals surface area contributed by atoms with E-state index in [9.17, 15) is 9.59 Å². The molecule has 35 heavy (non-hydrogen) atoms. The van der Waals surface area contributed by atoms with Gasteiger partial charge >= 0.3 is 6.16 Å². The van der Waals surface area contributed by atoms with Gasteiger partial charge in [-0.25, -0.2) is 19.3 Å². The first-order valence-corrected chi connectivity index (χ1v) is 13.1. The highest BCUT2D eigenvalue weighted by Gasteiger charge is 2.32. The highest BCUT2D eigenvalue weighted by molar-refractivity contribution is 7.16. The number of nitrogens with one attached hydrogen (secondary N) is 1. The highest BCUT2D eigenvalue weighted by Crippen LogP contribution is 2.34. The number of hydrogen-bond donors (Lipinski definition) is 1. The van der Waals surface area contributed by atoms with Gasteiger partial charge in [0.15, 0.2) is 5.82 Å². The van der Waals surface area contributed by atoms with Gasteiger partial charge in [-0.3, -0.25) is 4.79 Å². The summed E-state index contributed by atoms with van der Waals surface area (Å²) in [6, 6.07) is 2.02. The second kappa shape index (κ2) is 9.10. The Balaban J connectivity index is 1.19. The lowest BCUT2D eigenvalue weighted by Crippen LogP contribution is -2.42. The highest BCUT2D eigenvalue weighted by atomic mass is 32.1. The van der Waals surface area contributed by atoms with Crippen LogP contribution in [0, 0.1) is 5.92 Å². The summed E-state index contributed by atoms with van der Waals surface area (Å²) >= 11 is 1.56. The standard InChI is InChI=1S/C24H28N6O4S/c1-14(15-2-3-15)26-20-12-19(27-21(28-20)18-13-25-30-10-11-35-23(18)30)22(31)29-8-6-17(7-9-29)34-24(32)33-16-4-5-16/h10-17H,2-9H2,1H3,(H,26,27,28)/t14-/m0/s1. The Kier molecular flexibility index (Phi) is 5.79. The molecule has 3 aliphatic rings. The van der Waals surface area contributed by atoms with Gasteiger partial charge in [0.1, 0.15) is 28.6 Å². The van der Waals surface area contributed by atoms with Crippen LogP contribution in [-0.4, -0.2) is 67.9 Å². The lowest BCUT2D eigenvalue weighted by molar-refractivity contribution is -0.00191. The third kappa shape index (κ3) is 4.95. The van der Waals surface area contributed by atoms with Crippen molar-refractivity contribution in [2.45, 2.75) is 63.7 Å². The third-order valence-corrected chi connectivity index (χ3v) is 7.69. The minimum absolute atomic E-state index is 0.0213. The normalized spacial score (nSPS) is 19.5. The van der Waals surface area contributed by atoms with Crippen LogP contribution in [0.25, 0.3) is 16.2 Å². The summed E-state index contributed by atoms with van der Waals surface area (Å²) in [7, 11) is 0. The van der Waals surface area contributed by atoms with Crippen LogP contribution in [0.1, 0.15) is 55.9 Å². The Hall–Kier alpha value is -3.21. The summed E-state index contributed by atoms with van der Waals surface area (Å²) in [4.78, 5) is 37.4. The van der Waals surface area contributed by atoms with Crippen molar-refractivity contribution in [3.63, 3.8) is 0 Å². The first-order valence-electron chi connectivity index (χ1n) is 12.3. The predicted octanol–water partition coefficient (Wildman–Crippen LogP) is 3.98. The van der Waals surface area contributed by atoms with Crippen molar-refractivity contribution in [3.8, 4) is 11.4 Å². The Morgan fingerprint density at radius 3 is 2.54 bits per heavy atom. The van der Waals surface area contributed by atoms with Crippen LogP contribution in [0.3, 0.4) is 0 Å². The molecule has 3 fully saturated rings. The van der Waals surface area contributed by atoms with Crippen LogP contribution in [0.4, 0.5) is 10.6 Å². The number of carbonyl (C=O) groups excluding carboxylic acids is 2. The Bertz CT molecular complexity index is 1240. The van der Waals surface area contributed by atoms with Crippen LogP contribution in [0.15, 0.2) is 23.8 Å². The van der Waals surface area contributed by atoms with Crippen molar-refractivity contribution >= 4 is 34.0 Å². The summed E-state index contributed by atoms with van der Waals surface area (Å²) in [6.07, 6.45) is 8.22. The SMILES string of the molecule is C[C@H](Nc1cc(C(=O)N2CCC(OC(=O)OC3CC3)CC2)nc(-c2cnn3ccsc23)n1)C1CC1. The summed E-state index contributed by atoms with van der Waals surface area (Å²) in [6.45, 7) is 3.13. The monoisotopic (exact) mass is 496 g/mol. The minimum Gasteiger partial charge on any atom is -0.431 e. The molecule has 3 aromatic heterocycles. The number of carbonyl (C=O) groups is 2. The molecule has 11 heteroatoms. The van der Waals surface area contributed by atoms with Crippen molar-refractivity contribution in [1.82, 2.24) is 24.5 Å². The van der Waals surface area contributed by atoms with Crippen molar-refractivity contribution in [2.24, 2.45) is 5.92 Å². The molecule has 0 bridgehead atoms. The minimum atomic E-state index is -0.598. The van der Waals surface area contributed by atoms with E-state index >= 15 is 0 Å². The molecule has 2 saturated carbocycles. The fourth-order valence-corrected chi connectivity index (χ4v) is 5.20. The van der Waals surface area contributed by atoms with E-state index in [1.165, 1.54) is 12.8 Å². The lowest BCUT2D eigenvalue weighted by atomic mass is 10.1. The summed E-state index contributed by atoms with van der Waals surface area (Å²) in [5, 5.41) is 9.82. The molecule has 1 atom stereocenters. The topological polar surface area (TPSA) is 111 Å². The van der Waals surface area contributed by atoms with Crippen LogP contribution in [-0.2, 0) is 9.47 Å². The Morgan fingerprint density at radius 1 is 1.09 bits per heavy atom. The molecule has 0 spiro atoms. The number of nitrogens with zero attached hydrogens (tertiary/aromatic N) is 5. The van der Waals surface area contributed by atoms with Crippen LogP contribution >= 0.6 is 11.3 Å². The van der Waals surface area contributed by atoms with E-state index < -0.39 is 6.16 Å². The van der Waals surface area contributed by atoms with Gasteiger partial charge in [0, 0.05) is 49.6 Å². The van der Waals surface area contributed by atoms with Gasteiger partial charge in [0.2, 0.25) is 0 Å². The van der Waals surface area contributed by atoms with E-state index in [-0.39, 0.29) is 24.2 Å². The van der Waals surface area contributed by atoms with Gasteiger partial charge in [-0.15, -0.1) is 11.3 Å². The van der Waals surface area contributed by atoms with Crippen molar-refractivity contribution in [2.75, 3.05) is 18.4 Å². The molecule has 3 aromatic rings. The molecule has 10 nitrogen and oxygen atoms in total. The second-order valence-electron chi connectivity index (χ2n) is 9.62. The van der Waals surface area contributed by atoms with Gasteiger partial charge in [-0.2, -0.15) is 5.10 Å². The summed E-state index contributed by atoms with van der Waals surface area (Å²) < 4.78 is 12.4. The van der Waals surface area contributed by atoms with E-state index in [2.05, 4.69) is 22.3 Å². The van der Waals surface area contributed by atoms with E-state index in [0.717, 1.165) is 23.2 Å². The largest absolute Gasteiger partial charge is 0.508 e. The number of rotatable bonds is 7. The van der Waals surface area contributed by atoms with Crippen molar-refractivity contribution < 1.29 is 19.1 Å². The number of hydrogen-bond acceptors (Lipinski definition) is 9. The lowest BCUT2D eigenvalue weighted by Gasteiger charge is -2.31. The van der Waals surface area contributed by atoms with Crippen LogP contribution < -0.4 is 5.32 Å². The molecule has 184 valence electrons. The fourth-order valence-electron chi connectivity index (χ4n) is 4.40. The summed E-state index contributed by atoms with van der Waals surface area (Å²) in [5.74, 6) is 1.62. The molecule has 2 aliphatic carbocycles. The number of fused-ring (bicyclic) bond motifs is 1. The Labute approximate surface area is 206 Å². The van der Waals surface area contributed by atoms with E-state index in [4.69, 9.17) is 14.5 Å². The molecule has 1 N–H and O–H groups in total. The maximum atomic E-state index is 13.5. The molecule has 6 rings (SSSR count). The fraction of sp³-hybridized carbons (Fsp3) is 0.542. The summed E-state index contributed by atoms with van der Waals surface area (Å²) in [5.41, 5.74) is 1.15. The second-order valence-corrected chi connectivity index (χ2v) is 10.5. The van der Waals surface area contributed by atoms with E-state index in [1.54, 1.807) is 33.0 Å². The van der Waals surface area contributed by atoms with Gasteiger partial charge in [-0.05, 0) is 38.5 Å². The number of ether oxygens (including phenoxy) is 2. The van der Waals surface area contributed by atoms with Gasteiger partial charge in [0.05, 0.1) is 11.8 Å². The molecular weight excluding hydrogens is 468 g/mol. The average molecular weight is 497 g/mol. The van der Waals surface area contributed by atoms with E-state index in [0.29, 0.717) is 49.2 Å². The maximum absolute atomic E-state index is 13.5. The molecule has 4 heterocycles. The number of amides is 1. The first-order chi connectivity index (χ1) is 17.0. The number of piperidine rings is 1. The number of anilines is 1. The maximum Gasteiger partial charge on any atom is 0.508 e. The van der Waals surface area contributed by atoms with Crippen molar-refractivity contribution in [3.05, 3.63) is 29.5 Å². The van der Waals surface area contributed by atoms with E-state index in [1.807, 2.05) is 11.6 Å².